The van der Waals surface area contributed by atoms with Crippen LogP contribution in [0.2, 0.25) is 0 Å². The monoisotopic (exact) mass is 154 g/mol. The molecule has 0 amide bonds. The number of rotatable bonds is 2. The Balaban J connectivity index is 2.91. The topological polar surface area (TPSA) is 52.4 Å². The van der Waals surface area contributed by atoms with Gasteiger partial charge in [-0.3, -0.25) is 10.1 Å². The number of ether oxygens (including phenoxy) is 1. The van der Waals surface area contributed by atoms with Crippen LogP contribution in [-0.4, -0.2) is 12.0 Å². The Morgan fingerprint density at radius 3 is 2.27 bits per heavy atom. The molecule has 1 aromatic rings. The molecule has 0 N–H and O–H groups in total. The van der Waals surface area contributed by atoms with E-state index in [2.05, 4.69) is 0 Å². The Morgan fingerprint density at radius 2 is 1.91 bits per heavy atom. The van der Waals surface area contributed by atoms with Crippen LogP contribution in [0.4, 0.5) is 5.69 Å². The third kappa shape index (κ3) is 1.67. The van der Waals surface area contributed by atoms with Crippen LogP contribution in [-0.2, 0) is 0 Å². The third-order valence-electron chi connectivity index (χ3n) is 1.28. The Labute approximate surface area is 63.6 Å². The fourth-order valence-electron chi connectivity index (χ4n) is 0.704. The fraction of sp³-hybridized carbons (Fsp3) is 0.143. The van der Waals surface area contributed by atoms with Crippen LogP contribution in [0.5, 0.6) is 5.75 Å². The van der Waals surface area contributed by atoms with E-state index in [0.717, 1.165) is 0 Å². The molecular formula is C7H7NO3. The number of nitro benzene ring substituents is 1. The maximum atomic E-state index is 10.2. The summed E-state index contributed by atoms with van der Waals surface area (Å²) in [6.45, 7) is 0. The molecule has 0 fully saturated rings. The van der Waals surface area contributed by atoms with Gasteiger partial charge in [-0.25, -0.2) is 0 Å². The van der Waals surface area contributed by atoms with Crippen molar-refractivity contribution in [3.8, 4) is 5.75 Å². The van der Waals surface area contributed by atoms with Gasteiger partial charge in [-0.1, -0.05) is 0 Å². The number of hydrogen-bond donors (Lipinski definition) is 0. The van der Waals surface area contributed by atoms with Gasteiger partial charge in [0.25, 0.3) is 5.69 Å². The summed E-state index contributed by atoms with van der Waals surface area (Å²) in [7, 11) is 1.52. The Hall–Kier alpha value is -1.58. The fourth-order valence-corrected chi connectivity index (χ4v) is 0.704. The summed E-state index contributed by atoms with van der Waals surface area (Å²) in [5.74, 6) is 0.621. The van der Waals surface area contributed by atoms with Gasteiger partial charge < -0.3 is 4.74 Å². The summed E-state index contributed by atoms with van der Waals surface area (Å²) in [5.41, 5.74) is 0.0748. The Bertz CT molecular complexity index is 255. The van der Waals surface area contributed by atoms with E-state index in [1.165, 1.54) is 19.2 Å². The first-order chi connectivity index (χ1) is 5.24. The van der Waals surface area contributed by atoms with Crippen LogP contribution >= 0.6 is 0 Å². The maximum absolute atomic E-state index is 10.2. The minimum atomic E-state index is -0.445. The molecule has 0 aliphatic carbocycles. The van der Waals surface area contributed by atoms with Crippen LogP contribution < -0.4 is 4.74 Å². The van der Waals surface area contributed by atoms with Crippen molar-refractivity contribution in [3.63, 3.8) is 0 Å². The largest absolute Gasteiger partial charge is 0.497 e. The van der Waals surface area contributed by atoms with Crippen LogP contribution in [0.15, 0.2) is 24.3 Å². The summed E-state index contributed by atoms with van der Waals surface area (Å²) in [5, 5.41) is 10.2. The molecular weight excluding hydrogens is 147 g/mol. The summed E-state index contributed by atoms with van der Waals surface area (Å²) < 4.78 is 4.83. The minimum absolute atomic E-state index is 0.0748. The lowest BCUT2D eigenvalue weighted by atomic mass is 10.4. The number of methoxy groups -OCH3 is 1. The molecule has 0 spiro atoms. The van der Waals surface area contributed by atoms with Gasteiger partial charge in [0, 0.05) is 12.1 Å². The predicted octanol–water partition coefficient (Wildman–Crippen LogP) is 1.60. The minimum Gasteiger partial charge on any atom is -0.497 e. The second-order valence-electron chi connectivity index (χ2n) is 1.96. The highest BCUT2D eigenvalue weighted by Crippen LogP contribution is 2.16. The number of benzene rings is 1. The summed E-state index contributed by atoms with van der Waals surface area (Å²) in [6, 6.07) is 5.91. The van der Waals surface area contributed by atoms with Crippen LogP contribution in [0, 0.1) is 10.1 Å². The van der Waals surface area contributed by atoms with E-state index in [-0.39, 0.29) is 5.69 Å². The molecule has 4 heteroatoms. The summed E-state index contributed by atoms with van der Waals surface area (Å²) >= 11 is 0. The molecule has 0 bridgehead atoms. The second-order valence-corrected chi connectivity index (χ2v) is 1.96. The highest BCUT2D eigenvalue weighted by molar-refractivity contribution is 5.35. The molecule has 0 aliphatic heterocycles. The number of non-ortho nitro benzene ring substituents is 1. The zero-order valence-corrected chi connectivity index (χ0v) is 5.98. The molecule has 11 heavy (non-hydrogen) atoms. The predicted molar refractivity (Wildman–Crippen MR) is 39.6 cm³/mol. The maximum Gasteiger partial charge on any atom is 0.269 e. The van der Waals surface area contributed by atoms with E-state index in [1.54, 1.807) is 12.1 Å². The lowest BCUT2D eigenvalue weighted by molar-refractivity contribution is -0.384. The zero-order chi connectivity index (χ0) is 8.27. The first-order valence-corrected chi connectivity index (χ1v) is 3.02. The van der Waals surface area contributed by atoms with Gasteiger partial charge in [0.2, 0.25) is 0 Å². The summed E-state index contributed by atoms with van der Waals surface area (Å²) in [4.78, 5) is 9.72. The van der Waals surface area contributed by atoms with Crippen molar-refractivity contribution in [1.82, 2.24) is 0 Å². The van der Waals surface area contributed by atoms with Gasteiger partial charge in [0.05, 0.1) is 12.0 Å². The van der Waals surface area contributed by atoms with Gasteiger partial charge in [0.15, 0.2) is 0 Å². The molecule has 4 nitrogen and oxygen atoms in total. The number of nitro groups is 1. The van der Waals surface area contributed by atoms with Crippen LogP contribution in [0.25, 0.3) is 0 Å². The quantitative estimate of drug-likeness (QED) is 0.480. The van der Waals surface area contributed by atoms with Crippen LogP contribution in [0.3, 0.4) is 0 Å². The second kappa shape index (κ2) is 3.01. The highest BCUT2D eigenvalue weighted by Gasteiger charge is 2.02. The van der Waals surface area contributed by atoms with E-state index in [1.807, 2.05) is 0 Å². The third-order valence-corrected chi connectivity index (χ3v) is 1.28. The molecule has 0 radical (unpaired) electrons. The smallest absolute Gasteiger partial charge is 0.269 e. The molecule has 0 heterocycles. The van der Waals surface area contributed by atoms with E-state index >= 15 is 0 Å². The Morgan fingerprint density at radius 1 is 1.36 bits per heavy atom. The van der Waals surface area contributed by atoms with Crippen molar-refractivity contribution < 1.29 is 9.66 Å². The van der Waals surface area contributed by atoms with Crippen molar-refractivity contribution in [3.05, 3.63) is 34.4 Å². The summed E-state index contributed by atoms with van der Waals surface area (Å²) in [6.07, 6.45) is 0. The molecule has 1 aromatic carbocycles. The molecule has 0 saturated heterocycles. The molecule has 0 aliphatic rings. The average Bonchev–Trinajstić information content (AvgIpc) is 2.05. The van der Waals surface area contributed by atoms with Gasteiger partial charge in [-0.05, 0) is 12.1 Å². The first kappa shape index (κ1) is 7.53. The molecule has 0 saturated carbocycles. The molecule has 0 atom stereocenters. The molecule has 1 rings (SSSR count). The highest BCUT2D eigenvalue weighted by atomic mass is 16.6. The van der Waals surface area contributed by atoms with E-state index in [4.69, 9.17) is 4.74 Å². The average molecular weight is 154 g/mol. The first-order valence-electron chi connectivity index (χ1n) is 3.02. The van der Waals surface area contributed by atoms with Crippen molar-refractivity contribution in [2.75, 3.05) is 7.11 Å². The molecule has 0 unspecified atom stereocenters. The molecule has 58 valence electrons. The van der Waals surface area contributed by atoms with E-state index < -0.39 is 4.92 Å². The van der Waals surface area contributed by atoms with Gasteiger partial charge >= 0.3 is 0 Å². The zero-order valence-electron chi connectivity index (χ0n) is 5.98. The van der Waals surface area contributed by atoms with Gasteiger partial charge in [-0.15, -0.1) is 0 Å². The van der Waals surface area contributed by atoms with Gasteiger partial charge in [0.1, 0.15) is 5.75 Å². The lowest BCUT2D eigenvalue weighted by Crippen LogP contribution is -1.87. The van der Waals surface area contributed by atoms with E-state index in [9.17, 15) is 10.1 Å². The van der Waals surface area contributed by atoms with Crippen molar-refractivity contribution in [2.24, 2.45) is 0 Å². The van der Waals surface area contributed by atoms with Crippen molar-refractivity contribution >= 4 is 5.69 Å². The van der Waals surface area contributed by atoms with Gasteiger partial charge in [-0.2, -0.15) is 0 Å². The number of nitrogens with zero attached hydrogens (tertiary/aromatic N) is 1. The van der Waals surface area contributed by atoms with Crippen molar-refractivity contribution in [2.45, 2.75) is 0 Å². The Kier molecular flexibility index (Phi) is 2.06. The lowest BCUT2D eigenvalue weighted by Gasteiger charge is -1.96. The van der Waals surface area contributed by atoms with Crippen molar-refractivity contribution in [1.29, 1.82) is 0 Å². The SMILES string of the molecule is COc1cc[13c]([N+](=O)[O-])cc1. The number of hydrogen-bond acceptors (Lipinski definition) is 3. The van der Waals surface area contributed by atoms with E-state index in [0.29, 0.717) is 5.75 Å². The normalized spacial score (nSPS) is 9.18. The molecule has 0 aromatic heterocycles. The standard InChI is InChI=1S/C7H7NO3/c1-11-7-4-2-6(3-5-7)8(9)10/h2-5H,1H3/i6+1. The van der Waals surface area contributed by atoms with Crippen LogP contribution in [0.1, 0.15) is 0 Å².